The first-order chi connectivity index (χ1) is 28.3. The molecule has 3 nitrogen and oxygen atoms in total. The number of aromatic nitrogens is 2. The Kier molecular flexibility index (Phi) is 9.44. The lowest BCUT2D eigenvalue weighted by atomic mass is 9.86. The second-order valence-electron chi connectivity index (χ2n) is 20.5. The van der Waals surface area contributed by atoms with Crippen LogP contribution in [0.1, 0.15) is 105 Å². The number of halogens is 5. The molecule has 0 aliphatic heterocycles. The van der Waals surface area contributed by atoms with Crippen LogP contribution in [0.25, 0.3) is 71.0 Å². The molecule has 6 aromatic carbocycles. The lowest BCUT2D eigenvalue weighted by molar-refractivity contribution is 0.381. The fraction of sp³-hybridized carbons (Fsp3) is 0.302. The van der Waals surface area contributed by atoms with Crippen LogP contribution < -0.4 is 0 Å². The largest absolute Gasteiger partial charge is 0.319 e. The molecule has 0 spiro atoms. The Labute approximate surface area is 354 Å². The normalized spacial score (nSPS) is 13.0. The molecule has 0 bridgehead atoms. The van der Waals surface area contributed by atoms with Crippen molar-refractivity contribution in [3.05, 3.63) is 148 Å². The maximum Gasteiger partial charge on any atom is 0.234 e. The predicted molar refractivity (Wildman–Crippen MR) is 241 cm³/mol. The van der Waals surface area contributed by atoms with Gasteiger partial charge in [0.2, 0.25) is 11.5 Å². The van der Waals surface area contributed by atoms with E-state index in [0.717, 1.165) is 54.8 Å². The van der Waals surface area contributed by atoms with Crippen molar-refractivity contribution in [3.63, 3.8) is 0 Å². The van der Waals surface area contributed by atoms with Crippen molar-refractivity contribution in [3.8, 4) is 22.5 Å². The quantitative estimate of drug-likeness (QED) is 0.0729. The zero-order valence-electron chi connectivity index (χ0n) is 36.8. The van der Waals surface area contributed by atoms with E-state index in [-0.39, 0.29) is 38.6 Å². The van der Waals surface area contributed by atoms with Crippen LogP contribution in [-0.2, 0) is 21.7 Å². The fourth-order valence-electron chi connectivity index (χ4n) is 8.53. The molecule has 0 unspecified atom stereocenters. The van der Waals surface area contributed by atoms with E-state index in [0.29, 0.717) is 16.7 Å². The standard InChI is InChI=1S/C53H50F5N3/c1-50(2,3)28-14-18-32-33-19-15-29(51(4,5)6)25-39(33)60(38(32)24-28)37-23-22-36(42-43(54)45(56)47(58)46(57)44(42)55)49(48(37)59-13)61-40-26-30(52(7,8)9)16-20-34(40)35-21-17-31(27-41(35)61)53(10,11)12/h14-27H,1-12H3. The summed E-state index contributed by atoms with van der Waals surface area (Å²) < 4.78 is 81.8. The highest BCUT2D eigenvalue weighted by molar-refractivity contribution is 6.13. The van der Waals surface area contributed by atoms with Crippen molar-refractivity contribution in [2.24, 2.45) is 0 Å². The molecule has 61 heavy (non-hydrogen) atoms. The minimum atomic E-state index is -2.25. The highest BCUT2D eigenvalue weighted by atomic mass is 19.2. The average molecular weight is 824 g/mol. The van der Waals surface area contributed by atoms with E-state index in [1.807, 2.05) is 41.0 Å². The third kappa shape index (κ3) is 6.59. The topological polar surface area (TPSA) is 14.2 Å². The van der Waals surface area contributed by atoms with Gasteiger partial charge in [-0.3, -0.25) is 0 Å². The van der Waals surface area contributed by atoms with Crippen LogP contribution in [0, 0.1) is 35.7 Å². The summed E-state index contributed by atoms with van der Waals surface area (Å²) in [6.07, 6.45) is 0. The summed E-state index contributed by atoms with van der Waals surface area (Å²) in [6.45, 7) is 34.2. The minimum Gasteiger partial charge on any atom is -0.319 e. The summed E-state index contributed by atoms with van der Waals surface area (Å²) in [6, 6.07) is 27.7. The average Bonchev–Trinajstić information content (AvgIpc) is 3.69. The molecule has 0 saturated heterocycles. The van der Waals surface area contributed by atoms with Gasteiger partial charge in [-0.25, -0.2) is 26.8 Å². The molecule has 0 saturated carbocycles. The van der Waals surface area contributed by atoms with Crippen molar-refractivity contribution in [2.45, 2.75) is 105 Å². The van der Waals surface area contributed by atoms with Crippen LogP contribution in [0.5, 0.6) is 0 Å². The Morgan fingerprint density at radius 1 is 0.410 bits per heavy atom. The van der Waals surface area contributed by atoms with E-state index in [9.17, 15) is 4.39 Å². The third-order valence-corrected chi connectivity index (χ3v) is 12.2. The van der Waals surface area contributed by atoms with Crippen LogP contribution in [0.15, 0.2) is 84.9 Å². The summed E-state index contributed by atoms with van der Waals surface area (Å²) in [5, 5.41) is 3.47. The van der Waals surface area contributed by atoms with E-state index in [1.165, 1.54) is 6.07 Å². The Morgan fingerprint density at radius 2 is 0.721 bits per heavy atom. The van der Waals surface area contributed by atoms with Crippen molar-refractivity contribution < 1.29 is 22.0 Å². The lowest BCUT2D eigenvalue weighted by Crippen LogP contribution is -2.12. The Bertz CT molecular complexity index is 3010. The Hall–Kier alpha value is -5.94. The summed E-state index contributed by atoms with van der Waals surface area (Å²) in [7, 11) is 0. The van der Waals surface area contributed by atoms with Crippen molar-refractivity contribution in [1.82, 2.24) is 9.13 Å². The van der Waals surface area contributed by atoms with Crippen LogP contribution in [0.3, 0.4) is 0 Å². The Balaban J connectivity index is 1.65. The first kappa shape index (κ1) is 41.8. The number of fused-ring (bicyclic) bond motifs is 6. The van der Waals surface area contributed by atoms with Gasteiger partial charge in [-0.2, -0.15) is 0 Å². The molecular formula is C53H50F5N3. The fourth-order valence-corrected chi connectivity index (χ4v) is 8.53. The maximum absolute atomic E-state index is 16.3. The maximum atomic E-state index is 16.3. The van der Waals surface area contributed by atoms with E-state index in [4.69, 9.17) is 6.57 Å². The van der Waals surface area contributed by atoms with Gasteiger partial charge in [-0.15, -0.1) is 0 Å². The van der Waals surface area contributed by atoms with Gasteiger partial charge in [0, 0.05) is 27.1 Å². The molecule has 0 radical (unpaired) electrons. The summed E-state index contributed by atoms with van der Waals surface area (Å²) in [5.74, 6) is -10.3. The van der Waals surface area contributed by atoms with E-state index < -0.39 is 34.6 Å². The Morgan fingerprint density at radius 3 is 1.03 bits per heavy atom. The molecule has 0 N–H and O–H groups in total. The lowest BCUT2D eigenvalue weighted by Gasteiger charge is -2.24. The number of benzene rings is 6. The zero-order chi connectivity index (χ0) is 44.5. The highest BCUT2D eigenvalue weighted by Crippen LogP contribution is 2.49. The number of nitrogens with zero attached hydrogens (tertiary/aromatic N) is 3. The van der Waals surface area contributed by atoms with Crippen LogP contribution in [0.2, 0.25) is 0 Å². The van der Waals surface area contributed by atoms with Gasteiger partial charge in [0.05, 0.1) is 45.6 Å². The minimum absolute atomic E-state index is 0.00165. The van der Waals surface area contributed by atoms with Gasteiger partial charge < -0.3 is 9.13 Å². The number of hydrogen-bond acceptors (Lipinski definition) is 0. The van der Waals surface area contributed by atoms with Gasteiger partial charge in [0.1, 0.15) is 0 Å². The molecule has 0 aliphatic rings. The highest BCUT2D eigenvalue weighted by Gasteiger charge is 2.33. The third-order valence-electron chi connectivity index (χ3n) is 12.2. The van der Waals surface area contributed by atoms with Crippen molar-refractivity contribution >= 4 is 49.3 Å². The summed E-state index contributed by atoms with van der Waals surface area (Å²) in [4.78, 5) is 4.20. The van der Waals surface area contributed by atoms with Gasteiger partial charge in [-0.05, 0) is 74.2 Å². The molecule has 8 heteroatoms. The molecule has 8 rings (SSSR count). The molecule has 0 fully saturated rings. The molecule has 0 aliphatic carbocycles. The molecule has 0 atom stereocenters. The first-order valence-corrected chi connectivity index (χ1v) is 20.6. The van der Waals surface area contributed by atoms with Crippen molar-refractivity contribution in [2.75, 3.05) is 0 Å². The zero-order valence-corrected chi connectivity index (χ0v) is 36.8. The van der Waals surface area contributed by atoms with Gasteiger partial charge in [0.25, 0.3) is 0 Å². The molecular weight excluding hydrogens is 774 g/mol. The second kappa shape index (κ2) is 13.8. The first-order valence-electron chi connectivity index (χ1n) is 20.6. The molecule has 0 amide bonds. The number of rotatable bonds is 3. The summed E-state index contributed by atoms with van der Waals surface area (Å²) in [5.41, 5.74) is 4.65. The molecule has 2 aromatic heterocycles. The summed E-state index contributed by atoms with van der Waals surface area (Å²) >= 11 is 0. The van der Waals surface area contributed by atoms with E-state index in [1.54, 1.807) is 10.6 Å². The predicted octanol–water partition coefficient (Wildman–Crippen LogP) is 16.0. The van der Waals surface area contributed by atoms with Gasteiger partial charge in [0.15, 0.2) is 23.3 Å². The monoisotopic (exact) mass is 823 g/mol. The van der Waals surface area contributed by atoms with E-state index in [2.05, 4.69) is 124 Å². The second-order valence-corrected chi connectivity index (χ2v) is 20.5. The number of hydrogen-bond donors (Lipinski definition) is 0. The van der Waals surface area contributed by atoms with Crippen LogP contribution in [0.4, 0.5) is 27.6 Å². The smallest absolute Gasteiger partial charge is 0.234 e. The van der Waals surface area contributed by atoms with E-state index >= 15 is 17.6 Å². The molecule has 8 aromatic rings. The van der Waals surface area contributed by atoms with Gasteiger partial charge >= 0.3 is 0 Å². The molecule has 312 valence electrons. The van der Waals surface area contributed by atoms with Crippen LogP contribution in [-0.4, -0.2) is 9.13 Å². The SMILES string of the molecule is [C-]#[N+]c1c(-n2c3cc(C(C)(C)C)ccc3c3ccc(C(C)(C)C)cc32)ccc(-c2c(F)c(F)c(F)c(F)c2F)c1-n1c2cc(C(C)(C)C)ccc2c2ccc(C(C)(C)C)cc21. The van der Waals surface area contributed by atoms with Gasteiger partial charge in [-0.1, -0.05) is 138 Å². The van der Waals surface area contributed by atoms with Crippen molar-refractivity contribution in [1.29, 1.82) is 0 Å². The van der Waals surface area contributed by atoms with Crippen LogP contribution >= 0.6 is 0 Å². The molecule has 2 heterocycles.